The summed E-state index contributed by atoms with van der Waals surface area (Å²) in [5.74, 6) is -0.281. The topological polar surface area (TPSA) is 87.5 Å². The predicted octanol–water partition coefficient (Wildman–Crippen LogP) is 2.85. The maximum Gasteiger partial charge on any atom is 0.319 e. The number of amides is 3. The molecule has 1 saturated carbocycles. The maximum atomic E-state index is 12.9. The Balaban J connectivity index is 1.46. The smallest absolute Gasteiger partial charge is 0.319 e. The number of halogens is 1. The highest BCUT2D eigenvalue weighted by Gasteiger charge is 2.40. The van der Waals surface area contributed by atoms with Crippen molar-refractivity contribution >= 4 is 17.6 Å². The van der Waals surface area contributed by atoms with Gasteiger partial charge in [0, 0.05) is 30.4 Å². The molecule has 6 nitrogen and oxygen atoms in total. The van der Waals surface area contributed by atoms with Crippen LogP contribution in [0.5, 0.6) is 0 Å². The van der Waals surface area contributed by atoms with Crippen molar-refractivity contribution in [3.63, 3.8) is 0 Å². The van der Waals surface area contributed by atoms with Crippen molar-refractivity contribution in [2.24, 2.45) is 11.7 Å². The predicted molar refractivity (Wildman–Crippen MR) is 103 cm³/mol. The van der Waals surface area contributed by atoms with Gasteiger partial charge in [-0.1, -0.05) is 12.8 Å². The van der Waals surface area contributed by atoms with Gasteiger partial charge in [-0.3, -0.25) is 4.79 Å². The molecule has 1 aliphatic heterocycles. The number of carbonyl (C=O) groups excluding carboxylic acids is 2. The van der Waals surface area contributed by atoms with Crippen LogP contribution in [0.2, 0.25) is 0 Å². The highest BCUT2D eigenvalue weighted by molar-refractivity contribution is 5.89. The summed E-state index contributed by atoms with van der Waals surface area (Å²) in [6.07, 6.45) is 5.35. The summed E-state index contributed by atoms with van der Waals surface area (Å²) in [4.78, 5) is 26.9. The molecule has 2 unspecified atom stereocenters. The first kappa shape index (κ1) is 19.6. The Bertz CT molecular complexity index is 669. The second kappa shape index (κ2) is 8.25. The quantitative estimate of drug-likeness (QED) is 0.758. The first-order valence-corrected chi connectivity index (χ1v) is 9.76. The normalized spacial score (nSPS) is 26.5. The zero-order valence-corrected chi connectivity index (χ0v) is 15.8. The Morgan fingerprint density at radius 3 is 2.44 bits per heavy atom. The van der Waals surface area contributed by atoms with Gasteiger partial charge < -0.3 is 21.3 Å². The number of anilines is 1. The summed E-state index contributed by atoms with van der Waals surface area (Å²) in [6, 6.07) is 5.35. The van der Waals surface area contributed by atoms with Crippen molar-refractivity contribution < 1.29 is 14.0 Å². The molecule has 2 atom stereocenters. The number of carbonyl (C=O) groups is 2. The Hall–Kier alpha value is -2.15. The highest BCUT2D eigenvalue weighted by Crippen LogP contribution is 2.33. The maximum absolute atomic E-state index is 12.9. The minimum atomic E-state index is -0.417. The Morgan fingerprint density at radius 2 is 1.81 bits per heavy atom. The van der Waals surface area contributed by atoms with Gasteiger partial charge >= 0.3 is 6.03 Å². The first-order valence-electron chi connectivity index (χ1n) is 9.76. The number of hydrogen-bond acceptors (Lipinski definition) is 3. The number of likely N-dealkylation sites (tertiary alicyclic amines) is 1. The third kappa shape index (κ3) is 4.97. The van der Waals surface area contributed by atoms with Gasteiger partial charge in [0.1, 0.15) is 5.82 Å². The van der Waals surface area contributed by atoms with Crippen LogP contribution in [-0.2, 0) is 4.79 Å². The molecule has 1 aromatic carbocycles. The van der Waals surface area contributed by atoms with E-state index in [1.807, 2.05) is 11.8 Å². The molecule has 7 heteroatoms. The highest BCUT2D eigenvalue weighted by atomic mass is 19.1. The molecule has 1 aliphatic carbocycles. The average Bonchev–Trinajstić information content (AvgIpc) is 2.63. The molecule has 0 bridgehead atoms. The number of nitrogens with one attached hydrogen (secondary N) is 2. The molecular weight excluding hydrogens is 347 g/mol. The molecule has 1 aromatic rings. The molecule has 2 aliphatic rings. The Labute approximate surface area is 159 Å². The van der Waals surface area contributed by atoms with Crippen LogP contribution in [0.3, 0.4) is 0 Å². The number of urea groups is 1. The number of rotatable bonds is 3. The average molecular weight is 376 g/mol. The number of benzene rings is 1. The lowest BCUT2D eigenvalue weighted by molar-refractivity contribution is -0.140. The minimum Gasteiger partial charge on any atom is -0.342 e. The molecule has 148 valence electrons. The van der Waals surface area contributed by atoms with Gasteiger partial charge in [-0.05, 0) is 56.9 Å². The van der Waals surface area contributed by atoms with Gasteiger partial charge in [0.15, 0.2) is 0 Å². The van der Waals surface area contributed by atoms with E-state index in [2.05, 4.69) is 10.6 Å². The van der Waals surface area contributed by atoms with E-state index in [9.17, 15) is 14.0 Å². The van der Waals surface area contributed by atoms with Crippen molar-refractivity contribution in [1.82, 2.24) is 10.2 Å². The van der Waals surface area contributed by atoms with Crippen LogP contribution in [0, 0.1) is 11.7 Å². The van der Waals surface area contributed by atoms with E-state index < -0.39 is 5.54 Å². The fourth-order valence-electron chi connectivity index (χ4n) is 4.11. The number of nitrogens with two attached hydrogens (primary N) is 1. The van der Waals surface area contributed by atoms with E-state index in [0.29, 0.717) is 18.8 Å². The number of nitrogens with zero attached hydrogens (tertiary/aromatic N) is 1. The Morgan fingerprint density at radius 1 is 1.15 bits per heavy atom. The van der Waals surface area contributed by atoms with Crippen molar-refractivity contribution in [2.45, 2.75) is 57.0 Å². The van der Waals surface area contributed by atoms with E-state index in [1.54, 1.807) is 0 Å². The second-order valence-corrected chi connectivity index (χ2v) is 8.01. The third-order valence-electron chi connectivity index (χ3n) is 5.80. The van der Waals surface area contributed by atoms with Crippen LogP contribution in [0.4, 0.5) is 14.9 Å². The molecule has 4 N–H and O–H groups in total. The van der Waals surface area contributed by atoms with Crippen LogP contribution >= 0.6 is 0 Å². The van der Waals surface area contributed by atoms with Gasteiger partial charge in [0.25, 0.3) is 0 Å². The van der Waals surface area contributed by atoms with Crippen molar-refractivity contribution in [3.8, 4) is 0 Å². The fourth-order valence-corrected chi connectivity index (χ4v) is 4.11. The zero-order valence-electron chi connectivity index (χ0n) is 15.8. The van der Waals surface area contributed by atoms with E-state index >= 15 is 0 Å². The van der Waals surface area contributed by atoms with Crippen molar-refractivity contribution in [3.05, 3.63) is 30.1 Å². The molecule has 0 spiro atoms. The van der Waals surface area contributed by atoms with E-state index in [-0.39, 0.29) is 29.7 Å². The van der Waals surface area contributed by atoms with E-state index in [0.717, 1.165) is 38.5 Å². The lowest BCUT2D eigenvalue weighted by Crippen LogP contribution is -2.56. The summed E-state index contributed by atoms with van der Waals surface area (Å²) in [5, 5.41) is 5.63. The van der Waals surface area contributed by atoms with Crippen LogP contribution in [0.1, 0.15) is 45.4 Å². The molecule has 2 fully saturated rings. The SMILES string of the molecule is CC1(N)CCCCC1C(=O)N1CCC(NC(=O)Nc2ccc(F)cc2)CC1. The van der Waals surface area contributed by atoms with Crippen LogP contribution < -0.4 is 16.4 Å². The van der Waals surface area contributed by atoms with Gasteiger partial charge in [-0.15, -0.1) is 0 Å². The molecule has 3 amide bonds. The molecular formula is C20H29FN4O2. The van der Waals surface area contributed by atoms with Crippen LogP contribution in [0.15, 0.2) is 24.3 Å². The van der Waals surface area contributed by atoms with Crippen molar-refractivity contribution in [1.29, 1.82) is 0 Å². The third-order valence-corrected chi connectivity index (χ3v) is 5.80. The largest absolute Gasteiger partial charge is 0.342 e. The van der Waals surface area contributed by atoms with E-state index in [1.165, 1.54) is 24.3 Å². The van der Waals surface area contributed by atoms with E-state index in [4.69, 9.17) is 5.73 Å². The summed E-state index contributed by atoms with van der Waals surface area (Å²) in [6.45, 7) is 3.25. The van der Waals surface area contributed by atoms with Gasteiger partial charge in [0.05, 0.1) is 5.92 Å². The first-order chi connectivity index (χ1) is 12.8. The fraction of sp³-hybridized carbons (Fsp3) is 0.600. The van der Waals surface area contributed by atoms with Crippen LogP contribution in [-0.4, -0.2) is 41.5 Å². The summed E-state index contributed by atoms with van der Waals surface area (Å²) in [5.41, 5.74) is 6.49. The minimum absolute atomic E-state index is 0.0186. The molecule has 1 heterocycles. The molecule has 3 rings (SSSR count). The van der Waals surface area contributed by atoms with Crippen molar-refractivity contribution in [2.75, 3.05) is 18.4 Å². The summed E-state index contributed by atoms with van der Waals surface area (Å²) < 4.78 is 12.9. The second-order valence-electron chi connectivity index (χ2n) is 8.01. The lowest BCUT2D eigenvalue weighted by Gasteiger charge is -2.41. The molecule has 27 heavy (non-hydrogen) atoms. The number of hydrogen-bond donors (Lipinski definition) is 3. The Kier molecular flexibility index (Phi) is 5.99. The molecule has 1 saturated heterocycles. The molecule has 0 aromatic heterocycles. The van der Waals surface area contributed by atoms with Gasteiger partial charge in [-0.2, -0.15) is 0 Å². The molecule has 0 radical (unpaired) electrons. The lowest BCUT2D eigenvalue weighted by atomic mass is 9.74. The van der Waals surface area contributed by atoms with Gasteiger partial charge in [0.2, 0.25) is 5.91 Å². The zero-order chi connectivity index (χ0) is 19.4. The summed E-state index contributed by atoms with van der Waals surface area (Å²) >= 11 is 0. The standard InChI is InChI=1S/C20H29FN4O2/c1-20(22)11-3-2-4-17(20)18(26)25-12-9-16(10-13-25)24-19(27)23-15-7-5-14(21)6-8-15/h5-8,16-17H,2-4,9-13,22H2,1H3,(H2,23,24,27). The summed E-state index contributed by atoms with van der Waals surface area (Å²) in [7, 11) is 0. The van der Waals surface area contributed by atoms with Gasteiger partial charge in [-0.25, -0.2) is 9.18 Å². The van der Waals surface area contributed by atoms with Crippen LogP contribution in [0.25, 0.3) is 0 Å². The monoisotopic (exact) mass is 376 g/mol. The number of piperidine rings is 1.